The fraction of sp³-hybridized carbons (Fsp3) is 0.150. The minimum absolute atomic E-state index is 0.204. The number of aromatic amines is 1. The van der Waals surface area contributed by atoms with Gasteiger partial charge in [-0.25, -0.2) is 4.68 Å². The number of hydrogen-bond donors (Lipinski definition) is 4. The van der Waals surface area contributed by atoms with Crippen molar-refractivity contribution in [1.82, 2.24) is 9.78 Å². The smallest absolute Gasteiger partial charge is 0.274 e. The molecule has 0 atom stereocenters. The average molecular weight is 421 g/mol. The van der Waals surface area contributed by atoms with Crippen molar-refractivity contribution in [2.75, 3.05) is 0 Å². The monoisotopic (exact) mass is 420 g/mol. The van der Waals surface area contributed by atoms with Gasteiger partial charge in [-0.3, -0.25) is 9.89 Å². The highest BCUT2D eigenvalue weighted by Gasteiger charge is 2.10. The summed E-state index contributed by atoms with van der Waals surface area (Å²) in [6.45, 7) is 3.94. The zero-order chi connectivity index (χ0) is 20.6. The Hall–Kier alpha value is -2.83. The van der Waals surface area contributed by atoms with Crippen LogP contribution in [0.15, 0.2) is 35.1 Å². The Labute approximate surface area is 170 Å². The second-order valence-electron chi connectivity index (χ2n) is 6.58. The molecule has 0 bridgehead atoms. The van der Waals surface area contributed by atoms with Crippen molar-refractivity contribution >= 4 is 34.9 Å². The maximum absolute atomic E-state index is 13.0. The number of aromatic hydroxyl groups is 3. The molecule has 0 aliphatic rings. The topological polar surface area (TPSA) is 98.5 Å². The molecule has 8 heteroatoms. The highest BCUT2D eigenvalue weighted by atomic mass is 35.5. The molecule has 0 aliphatic heterocycles. The fourth-order valence-corrected chi connectivity index (χ4v) is 3.12. The van der Waals surface area contributed by atoms with Gasteiger partial charge in [-0.05, 0) is 43.7 Å². The third-order valence-electron chi connectivity index (χ3n) is 4.24. The van der Waals surface area contributed by atoms with Crippen molar-refractivity contribution in [1.29, 1.82) is 0 Å². The largest absolute Gasteiger partial charge is 0.507 e. The van der Waals surface area contributed by atoms with Gasteiger partial charge in [-0.2, -0.15) is 0 Å². The quantitative estimate of drug-likeness (QED) is 0.386. The summed E-state index contributed by atoms with van der Waals surface area (Å²) in [7, 11) is 0. The SMILES string of the molecule is CC(C)=c1[nH]n(Cc2ccc(Cl)c(Cl)c2)c(=O)c1=Cc1cc(O)c(O)cc1O. The molecule has 2 aromatic carbocycles. The first kappa shape index (κ1) is 19.9. The molecule has 6 nitrogen and oxygen atoms in total. The predicted octanol–water partition coefficient (Wildman–Crippen LogP) is 2.67. The van der Waals surface area contributed by atoms with Gasteiger partial charge in [0.1, 0.15) is 5.75 Å². The van der Waals surface area contributed by atoms with E-state index in [1.807, 2.05) is 13.8 Å². The lowest BCUT2D eigenvalue weighted by atomic mass is 10.1. The molecule has 4 N–H and O–H groups in total. The van der Waals surface area contributed by atoms with E-state index in [-0.39, 0.29) is 23.4 Å². The van der Waals surface area contributed by atoms with Crippen molar-refractivity contribution in [3.05, 3.63) is 72.4 Å². The van der Waals surface area contributed by atoms with Crippen LogP contribution in [0.5, 0.6) is 17.2 Å². The summed E-state index contributed by atoms with van der Waals surface area (Å²) in [4.78, 5) is 13.0. The maximum Gasteiger partial charge on any atom is 0.274 e. The molecule has 0 aliphatic carbocycles. The van der Waals surface area contributed by atoms with E-state index in [1.54, 1.807) is 18.2 Å². The van der Waals surface area contributed by atoms with Crippen molar-refractivity contribution in [2.24, 2.45) is 0 Å². The average Bonchev–Trinajstić information content (AvgIpc) is 2.92. The summed E-state index contributed by atoms with van der Waals surface area (Å²) < 4.78 is 1.42. The lowest BCUT2D eigenvalue weighted by Gasteiger charge is -2.03. The Balaban J connectivity index is 2.18. The minimum Gasteiger partial charge on any atom is -0.507 e. The van der Waals surface area contributed by atoms with Crippen molar-refractivity contribution < 1.29 is 15.3 Å². The molecule has 0 saturated carbocycles. The lowest BCUT2D eigenvalue weighted by molar-refractivity contribution is 0.396. The molecule has 1 heterocycles. The van der Waals surface area contributed by atoms with Gasteiger partial charge >= 0.3 is 0 Å². The van der Waals surface area contributed by atoms with Crippen LogP contribution in [0.3, 0.4) is 0 Å². The number of rotatable bonds is 3. The van der Waals surface area contributed by atoms with Gasteiger partial charge in [0.15, 0.2) is 11.5 Å². The molecule has 146 valence electrons. The molecule has 28 heavy (non-hydrogen) atoms. The van der Waals surface area contributed by atoms with Crippen molar-refractivity contribution in [3.63, 3.8) is 0 Å². The Bertz CT molecular complexity index is 1240. The number of aromatic nitrogens is 2. The van der Waals surface area contributed by atoms with E-state index in [4.69, 9.17) is 23.2 Å². The van der Waals surface area contributed by atoms with Crippen molar-refractivity contribution in [3.8, 4) is 17.2 Å². The lowest BCUT2D eigenvalue weighted by Crippen LogP contribution is -2.35. The van der Waals surface area contributed by atoms with Crippen LogP contribution >= 0.6 is 23.2 Å². The van der Waals surface area contributed by atoms with Gasteiger partial charge in [0, 0.05) is 11.6 Å². The summed E-state index contributed by atoms with van der Waals surface area (Å²) in [5, 5.41) is 34.0. The van der Waals surface area contributed by atoms with Crippen LogP contribution in [-0.2, 0) is 6.54 Å². The number of H-pyrrole nitrogens is 1. The van der Waals surface area contributed by atoms with Gasteiger partial charge < -0.3 is 15.3 Å². The molecule has 0 fully saturated rings. The zero-order valence-corrected chi connectivity index (χ0v) is 16.6. The number of halogens is 2. The molecule has 0 spiro atoms. The summed E-state index contributed by atoms with van der Waals surface area (Å²) in [5.41, 5.74) is 1.54. The molecule has 0 unspecified atom stereocenters. The van der Waals surface area contributed by atoms with E-state index in [1.165, 1.54) is 16.8 Å². The van der Waals surface area contributed by atoms with E-state index in [2.05, 4.69) is 5.10 Å². The predicted molar refractivity (Wildman–Crippen MR) is 110 cm³/mol. The highest BCUT2D eigenvalue weighted by Crippen LogP contribution is 2.32. The first-order chi connectivity index (χ1) is 13.2. The Morgan fingerprint density at radius 1 is 1.04 bits per heavy atom. The molecular weight excluding hydrogens is 403 g/mol. The highest BCUT2D eigenvalue weighted by molar-refractivity contribution is 6.42. The maximum atomic E-state index is 13.0. The summed E-state index contributed by atoms with van der Waals surface area (Å²) in [6, 6.07) is 7.33. The molecular formula is C20H18Cl2N2O4. The number of phenols is 3. The van der Waals surface area contributed by atoms with Gasteiger partial charge in [0.2, 0.25) is 0 Å². The molecule has 0 saturated heterocycles. The van der Waals surface area contributed by atoms with Crippen LogP contribution in [0.4, 0.5) is 0 Å². The summed E-state index contributed by atoms with van der Waals surface area (Å²) >= 11 is 12.0. The third kappa shape index (κ3) is 3.88. The van der Waals surface area contributed by atoms with Gasteiger partial charge in [0.25, 0.3) is 5.56 Å². The van der Waals surface area contributed by atoms with Crippen LogP contribution in [-0.4, -0.2) is 25.1 Å². The number of nitrogens with zero attached hydrogens (tertiary/aromatic N) is 1. The van der Waals surface area contributed by atoms with Crippen LogP contribution in [0.25, 0.3) is 11.6 Å². The normalized spacial score (nSPS) is 11.8. The van der Waals surface area contributed by atoms with Crippen LogP contribution < -0.4 is 16.1 Å². The standard InChI is InChI=1S/C20H18Cl2N2O4/c1-10(2)19-13(6-12-7-17(26)18(27)8-16(12)25)20(28)24(23-19)9-11-3-4-14(21)15(22)5-11/h3-8,23,25-27H,9H2,1-2H3. The second kappa shape index (κ2) is 7.66. The Morgan fingerprint density at radius 3 is 2.36 bits per heavy atom. The number of hydrogen-bond acceptors (Lipinski definition) is 4. The Kier molecular flexibility index (Phi) is 5.45. The van der Waals surface area contributed by atoms with Crippen LogP contribution in [0, 0.1) is 0 Å². The van der Waals surface area contributed by atoms with Crippen molar-refractivity contribution in [2.45, 2.75) is 20.4 Å². The number of phenolic OH excluding ortho intramolecular Hbond substituents is 3. The van der Waals surface area contributed by atoms with E-state index in [0.717, 1.165) is 17.2 Å². The Morgan fingerprint density at radius 2 is 1.71 bits per heavy atom. The molecule has 1 aromatic heterocycles. The molecule has 3 rings (SSSR count). The van der Waals surface area contributed by atoms with E-state index < -0.39 is 11.5 Å². The molecule has 0 radical (unpaired) electrons. The second-order valence-corrected chi connectivity index (χ2v) is 7.40. The van der Waals surface area contributed by atoms with Crippen LogP contribution in [0.1, 0.15) is 25.0 Å². The summed E-state index contributed by atoms with van der Waals surface area (Å²) in [6.07, 6.45) is 1.46. The first-order valence-corrected chi connectivity index (χ1v) is 9.10. The number of benzene rings is 2. The fourth-order valence-electron chi connectivity index (χ4n) is 2.80. The first-order valence-electron chi connectivity index (χ1n) is 8.34. The zero-order valence-electron chi connectivity index (χ0n) is 15.1. The molecule has 0 amide bonds. The van der Waals surface area contributed by atoms with Gasteiger partial charge in [0.05, 0.1) is 27.2 Å². The van der Waals surface area contributed by atoms with Gasteiger partial charge in [-0.1, -0.05) is 34.8 Å². The molecule has 3 aromatic rings. The minimum atomic E-state index is -0.445. The van der Waals surface area contributed by atoms with E-state index >= 15 is 0 Å². The van der Waals surface area contributed by atoms with E-state index in [0.29, 0.717) is 20.6 Å². The van der Waals surface area contributed by atoms with E-state index in [9.17, 15) is 20.1 Å². The number of nitrogens with one attached hydrogen (secondary N) is 1. The third-order valence-corrected chi connectivity index (χ3v) is 4.98. The summed E-state index contributed by atoms with van der Waals surface area (Å²) in [5.74, 6) is -1.10. The van der Waals surface area contributed by atoms with Crippen LogP contribution in [0.2, 0.25) is 10.0 Å². The van der Waals surface area contributed by atoms with Gasteiger partial charge in [-0.15, -0.1) is 0 Å².